The van der Waals surface area contributed by atoms with Crippen molar-refractivity contribution in [1.29, 1.82) is 0 Å². The Kier molecular flexibility index (Phi) is 8.03. The maximum absolute atomic E-state index is 10.7. The van der Waals surface area contributed by atoms with Crippen molar-refractivity contribution in [3.8, 4) is 11.4 Å². The van der Waals surface area contributed by atoms with Gasteiger partial charge in [0.05, 0.1) is 18.8 Å². The van der Waals surface area contributed by atoms with Gasteiger partial charge >= 0.3 is 0 Å². The van der Waals surface area contributed by atoms with E-state index in [0.717, 1.165) is 18.7 Å². The van der Waals surface area contributed by atoms with Crippen LogP contribution in [0.1, 0.15) is 19.7 Å². The van der Waals surface area contributed by atoms with E-state index in [1.165, 1.54) is 0 Å². The molecule has 1 unspecified atom stereocenters. The Labute approximate surface area is 181 Å². The first-order valence-corrected chi connectivity index (χ1v) is 10.5. The third-order valence-corrected chi connectivity index (χ3v) is 4.81. The number of aromatic nitrogens is 2. The Morgan fingerprint density at radius 2 is 2.13 bits per heavy atom. The predicted molar refractivity (Wildman–Crippen MR) is 115 cm³/mol. The smallest absolute Gasteiger partial charge is 0.248 e. The highest BCUT2D eigenvalue weighted by Crippen LogP contribution is 2.20. The van der Waals surface area contributed by atoms with Crippen LogP contribution in [0, 0.1) is 0 Å². The summed E-state index contributed by atoms with van der Waals surface area (Å²) in [6, 6.07) is 7.27. The van der Waals surface area contributed by atoms with Crippen LogP contribution in [0.3, 0.4) is 0 Å². The third kappa shape index (κ3) is 6.94. The second kappa shape index (κ2) is 10.7. The largest absolute Gasteiger partial charge is 0.387 e. The lowest BCUT2D eigenvalue weighted by molar-refractivity contribution is -0.0201. The van der Waals surface area contributed by atoms with Crippen molar-refractivity contribution >= 4 is 17.6 Å². The number of guanidine groups is 1. The van der Waals surface area contributed by atoms with E-state index in [2.05, 4.69) is 30.7 Å². The number of nitrogens with one attached hydrogen (secondary N) is 2. The summed E-state index contributed by atoms with van der Waals surface area (Å²) in [6.45, 7) is 8.69. The molecule has 10 heteroatoms. The number of ether oxygens (including phenoxy) is 1. The van der Waals surface area contributed by atoms with Gasteiger partial charge in [-0.05, 0) is 26.0 Å². The van der Waals surface area contributed by atoms with E-state index >= 15 is 0 Å². The number of morpholine rings is 1. The molecule has 164 valence electrons. The Morgan fingerprint density at radius 1 is 1.33 bits per heavy atom. The van der Waals surface area contributed by atoms with Crippen molar-refractivity contribution in [2.24, 2.45) is 4.99 Å². The Bertz CT molecular complexity index is 835. The second-order valence-electron chi connectivity index (χ2n) is 7.46. The molecule has 30 heavy (non-hydrogen) atoms. The van der Waals surface area contributed by atoms with Crippen LogP contribution in [0.5, 0.6) is 0 Å². The average Bonchev–Trinajstić information content (AvgIpc) is 3.20. The van der Waals surface area contributed by atoms with E-state index in [1.54, 1.807) is 12.1 Å². The summed E-state index contributed by atoms with van der Waals surface area (Å²) >= 11 is 6.02. The molecule has 0 spiro atoms. The first-order valence-electron chi connectivity index (χ1n) is 10.1. The fraction of sp³-hybridized carbons (Fsp3) is 0.550. The molecule has 2 aromatic rings. The van der Waals surface area contributed by atoms with Gasteiger partial charge in [-0.1, -0.05) is 28.9 Å². The van der Waals surface area contributed by atoms with Gasteiger partial charge in [0.1, 0.15) is 6.54 Å². The molecular weight excluding hydrogens is 408 g/mol. The van der Waals surface area contributed by atoms with Gasteiger partial charge in [0.2, 0.25) is 11.7 Å². The quantitative estimate of drug-likeness (QED) is 0.422. The van der Waals surface area contributed by atoms with Crippen LogP contribution in [-0.2, 0) is 11.3 Å². The molecule has 0 radical (unpaired) electrons. The van der Waals surface area contributed by atoms with Crippen LogP contribution in [0.25, 0.3) is 11.4 Å². The Balaban J connectivity index is 1.56. The molecule has 1 saturated heterocycles. The van der Waals surface area contributed by atoms with Gasteiger partial charge in [0.15, 0.2) is 5.96 Å². The zero-order valence-electron chi connectivity index (χ0n) is 17.4. The fourth-order valence-electron chi connectivity index (χ4n) is 3.12. The SMILES string of the molecule is CCNC(=NCc1nc(-c2cccc(Cl)c2)no1)NCC(C)(O)CN1CCOCC1. The van der Waals surface area contributed by atoms with Gasteiger partial charge in [-0.25, -0.2) is 4.99 Å². The van der Waals surface area contributed by atoms with Crippen LogP contribution in [-0.4, -0.2) is 77.6 Å². The van der Waals surface area contributed by atoms with Crippen LogP contribution in [0.15, 0.2) is 33.8 Å². The highest BCUT2D eigenvalue weighted by atomic mass is 35.5. The molecule has 1 fully saturated rings. The van der Waals surface area contributed by atoms with E-state index in [1.807, 2.05) is 26.0 Å². The average molecular weight is 437 g/mol. The summed E-state index contributed by atoms with van der Waals surface area (Å²) in [5.74, 6) is 1.43. The molecule has 2 heterocycles. The number of β-amino-alcohol motifs (C(OH)–C–C–N with tert-alkyl or cyclic N) is 1. The number of aliphatic imine (C=N–C) groups is 1. The van der Waals surface area contributed by atoms with E-state index in [4.69, 9.17) is 20.9 Å². The van der Waals surface area contributed by atoms with Crippen LogP contribution in [0.2, 0.25) is 5.02 Å². The zero-order valence-corrected chi connectivity index (χ0v) is 18.2. The Hall–Kier alpha value is -2.20. The number of halogens is 1. The van der Waals surface area contributed by atoms with Crippen molar-refractivity contribution in [1.82, 2.24) is 25.7 Å². The second-order valence-corrected chi connectivity index (χ2v) is 7.89. The zero-order chi connectivity index (χ0) is 21.4. The molecule has 1 aliphatic rings. The maximum atomic E-state index is 10.7. The molecule has 0 saturated carbocycles. The maximum Gasteiger partial charge on any atom is 0.248 e. The molecule has 0 bridgehead atoms. The first-order chi connectivity index (χ1) is 14.4. The predicted octanol–water partition coefficient (Wildman–Crippen LogP) is 1.53. The minimum Gasteiger partial charge on any atom is -0.387 e. The highest BCUT2D eigenvalue weighted by Gasteiger charge is 2.25. The van der Waals surface area contributed by atoms with Gasteiger partial charge in [-0.15, -0.1) is 0 Å². The van der Waals surface area contributed by atoms with Crippen molar-refractivity contribution in [3.05, 3.63) is 35.2 Å². The van der Waals surface area contributed by atoms with Crippen LogP contribution >= 0.6 is 11.6 Å². The molecule has 1 aromatic carbocycles. The number of hydrogen-bond donors (Lipinski definition) is 3. The molecule has 1 aromatic heterocycles. The standard InChI is InChI=1S/C20H29ClN6O3/c1-3-22-19(24-13-20(2,28)14-27-7-9-29-10-8-27)23-12-17-25-18(26-30-17)15-5-4-6-16(21)11-15/h4-6,11,28H,3,7-10,12-14H2,1-2H3,(H2,22,23,24). The number of benzene rings is 1. The van der Waals surface area contributed by atoms with Crippen molar-refractivity contribution in [2.75, 3.05) is 45.9 Å². The number of rotatable bonds is 8. The van der Waals surface area contributed by atoms with E-state index in [0.29, 0.717) is 55.5 Å². The van der Waals surface area contributed by atoms with E-state index in [9.17, 15) is 5.11 Å². The fourth-order valence-corrected chi connectivity index (χ4v) is 3.31. The summed E-state index contributed by atoms with van der Waals surface area (Å²) in [5.41, 5.74) is -0.122. The van der Waals surface area contributed by atoms with Gasteiger partial charge in [-0.3, -0.25) is 4.90 Å². The minimum absolute atomic E-state index is 0.217. The molecule has 0 aliphatic carbocycles. The Morgan fingerprint density at radius 3 is 2.87 bits per heavy atom. The molecule has 1 aliphatic heterocycles. The topological polar surface area (TPSA) is 108 Å². The number of hydrogen-bond acceptors (Lipinski definition) is 7. The van der Waals surface area contributed by atoms with Gasteiger partial charge in [0, 0.05) is 43.3 Å². The summed E-state index contributed by atoms with van der Waals surface area (Å²) in [7, 11) is 0. The normalized spacial score (nSPS) is 17.5. The summed E-state index contributed by atoms with van der Waals surface area (Å²) in [6.07, 6.45) is 0. The van der Waals surface area contributed by atoms with Gasteiger partial charge in [0.25, 0.3) is 0 Å². The van der Waals surface area contributed by atoms with Gasteiger partial charge < -0.3 is 25.0 Å². The van der Waals surface area contributed by atoms with E-state index in [-0.39, 0.29) is 6.54 Å². The third-order valence-electron chi connectivity index (χ3n) is 4.57. The van der Waals surface area contributed by atoms with Crippen molar-refractivity contribution in [2.45, 2.75) is 26.0 Å². The van der Waals surface area contributed by atoms with Crippen molar-refractivity contribution < 1.29 is 14.4 Å². The first kappa shape index (κ1) is 22.5. The number of nitrogens with zero attached hydrogens (tertiary/aromatic N) is 4. The van der Waals surface area contributed by atoms with E-state index < -0.39 is 5.60 Å². The van der Waals surface area contributed by atoms with Crippen molar-refractivity contribution in [3.63, 3.8) is 0 Å². The highest BCUT2D eigenvalue weighted by molar-refractivity contribution is 6.30. The minimum atomic E-state index is -0.905. The summed E-state index contributed by atoms with van der Waals surface area (Å²) in [4.78, 5) is 11.1. The molecule has 3 rings (SSSR count). The molecule has 1 atom stereocenters. The summed E-state index contributed by atoms with van der Waals surface area (Å²) < 4.78 is 10.7. The van der Waals surface area contributed by atoms with Crippen LogP contribution < -0.4 is 10.6 Å². The summed E-state index contributed by atoms with van der Waals surface area (Å²) in [5, 5.41) is 21.7. The molecular formula is C20H29ClN6O3. The number of aliphatic hydroxyl groups is 1. The molecule has 0 amide bonds. The molecule has 9 nitrogen and oxygen atoms in total. The van der Waals surface area contributed by atoms with Crippen LogP contribution in [0.4, 0.5) is 0 Å². The molecule has 3 N–H and O–H groups in total. The lowest BCUT2D eigenvalue weighted by atomic mass is 10.1. The lowest BCUT2D eigenvalue weighted by Gasteiger charge is -2.34. The lowest BCUT2D eigenvalue weighted by Crippen LogP contribution is -2.52. The monoisotopic (exact) mass is 436 g/mol. The van der Waals surface area contributed by atoms with Gasteiger partial charge in [-0.2, -0.15) is 4.98 Å².